The van der Waals surface area contributed by atoms with Crippen molar-refractivity contribution >= 4 is 5.91 Å². The molecule has 4 nitrogen and oxygen atoms in total. The van der Waals surface area contributed by atoms with Crippen LogP contribution in [0.15, 0.2) is 0 Å². The minimum absolute atomic E-state index is 0.0426. The molecule has 0 aromatic carbocycles. The first-order valence-corrected chi connectivity index (χ1v) is 4.81. The average Bonchev–Trinajstić information content (AvgIpc) is 2.12. The van der Waals surface area contributed by atoms with E-state index in [9.17, 15) is 4.79 Å². The zero-order valence-corrected chi connectivity index (χ0v) is 8.51. The fourth-order valence-corrected chi connectivity index (χ4v) is 0.956. The van der Waals surface area contributed by atoms with Gasteiger partial charge in [-0.3, -0.25) is 4.79 Å². The largest absolute Gasteiger partial charge is 0.380 e. The van der Waals surface area contributed by atoms with Crippen LogP contribution in [0.2, 0.25) is 0 Å². The normalized spacial score (nSPS) is 12.5. The molecule has 1 atom stereocenters. The zero-order chi connectivity index (χ0) is 10.1. The van der Waals surface area contributed by atoms with E-state index in [4.69, 9.17) is 10.5 Å². The Bertz CT molecular complexity index is 140. The Balaban J connectivity index is 3.62. The monoisotopic (exact) mass is 188 g/mol. The first kappa shape index (κ1) is 12.4. The molecule has 0 bridgehead atoms. The van der Waals surface area contributed by atoms with Gasteiger partial charge in [-0.05, 0) is 13.3 Å². The van der Waals surface area contributed by atoms with Gasteiger partial charge in [0, 0.05) is 19.6 Å². The molecule has 0 radical (unpaired) electrons. The van der Waals surface area contributed by atoms with E-state index < -0.39 is 0 Å². The van der Waals surface area contributed by atoms with Crippen LogP contribution in [-0.4, -0.2) is 31.7 Å². The minimum atomic E-state index is -0.0426. The Morgan fingerprint density at radius 3 is 2.69 bits per heavy atom. The second kappa shape index (κ2) is 8.01. The number of ether oxygens (including phenoxy) is 1. The van der Waals surface area contributed by atoms with Gasteiger partial charge in [-0.1, -0.05) is 6.92 Å². The van der Waals surface area contributed by atoms with Crippen LogP contribution in [0, 0.1) is 0 Å². The van der Waals surface area contributed by atoms with Crippen LogP contribution in [0.25, 0.3) is 0 Å². The smallest absolute Gasteiger partial charge is 0.220 e. The van der Waals surface area contributed by atoms with Crippen LogP contribution < -0.4 is 11.1 Å². The van der Waals surface area contributed by atoms with Crippen molar-refractivity contribution in [3.05, 3.63) is 0 Å². The number of nitrogens with one attached hydrogen (secondary N) is 1. The second-order valence-corrected chi connectivity index (χ2v) is 2.91. The summed E-state index contributed by atoms with van der Waals surface area (Å²) in [6, 6.07) is -0.0426. The Morgan fingerprint density at radius 1 is 1.54 bits per heavy atom. The van der Waals surface area contributed by atoms with Gasteiger partial charge in [0.1, 0.15) is 0 Å². The molecule has 0 saturated heterocycles. The summed E-state index contributed by atoms with van der Waals surface area (Å²) in [6.07, 6.45) is 1.42. The quantitative estimate of drug-likeness (QED) is 0.602. The summed E-state index contributed by atoms with van der Waals surface area (Å²) in [4.78, 5) is 11.2. The molecule has 13 heavy (non-hydrogen) atoms. The minimum Gasteiger partial charge on any atom is -0.380 e. The highest BCUT2D eigenvalue weighted by molar-refractivity contribution is 5.76. The Hall–Kier alpha value is -0.610. The van der Waals surface area contributed by atoms with Gasteiger partial charge in [0.25, 0.3) is 0 Å². The molecule has 0 aliphatic heterocycles. The van der Waals surface area contributed by atoms with Gasteiger partial charge in [0.15, 0.2) is 0 Å². The predicted octanol–water partition coefficient (Wildman–Crippen LogP) is 0.267. The molecular formula is C9H20N2O2. The van der Waals surface area contributed by atoms with E-state index in [2.05, 4.69) is 5.32 Å². The molecule has 4 heteroatoms. The topological polar surface area (TPSA) is 64.4 Å². The van der Waals surface area contributed by atoms with Crippen molar-refractivity contribution in [2.45, 2.75) is 32.7 Å². The fraction of sp³-hybridized carbons (Fsp3) is 0.889. The number of hydrogen-bond donors (Lipinski definition) is 2. The van der Waals surface area contributed by atoms with Gasteiger partial charge < -0.3 is 15.8 Å². The second-order valence-electron chi connectivity index (χ2n) is 2.91. The summed E-state index contributed by atoms with van der Waals surface area (Å²) in [5.74, 6) is 0.0534. The lowest BCUT2D eigenvalue weighted by Gasteiger charge is -2.16. The number of hydrogen-bond acceptors (Lipinski definition) is 3. The molecule has 0 spiro atoms. The van der Waals surface area contributed by atoms with E-state index in [1.807, 2.05) is 13.8 Å². The molecule has 0 heterocycles. The van der Waals surface area contributed by atoms with Crippen LogP contribution in [0.4, 0.5) is 0 Å². The number of carbonyl (C=O) groups excluding carboxylic acids is 1. The van der Waals surface area contributed by atoms with Gasteiger partial charge in [0.2, 0.25) is 5.91 Å². The summed E-state index contributed by atoms with van der Waals surface area (Å²) in [7, 11) is 0. The van der Waals surface area contributed by atoms with E-state index in [0.717, 1.165) is 6.42 Å². The lowest BCUT2D eigenvalue weighted by atomic mass is 10.2. The number of nitrogens with two attached hydrogens (primary N) is 1. The molecule has 0 aromatic rings. The summed E-state index contributed by atoms with van der Waals surface area (Å²) in [5, 5.41) is 2.81. The zero-order valence-electron chi connectivity index (χ0n) is 8.51. The van der Waals surface area contributed by atoms with Crippen LogP contribution in [0.5, 0.6) is 0 Å². The lowest BCUT2D eigenvalue weighted by molar-refractivity contribution is -0.122. The maximum absolute atomic E-state index is 11.2. The van der Waals surface area contributed by atoms with Crippen molar-refractivity contribution in [3.8, 4) is 0 Å². The first-order valence-electron chi connectivity index (χ1n) is 4.81. The molecule has 0 rings (SSSR count). The maximum atomic E-state index is 11.2. The molecule has 0 aromatic heterocycles. The summed E-state index contributed by atoms with van der Waals surface area (Å²) in [5.41, 5.74) is 5.46. The summed E-state index contributed by atoms with van der Waals surface area (Å²) in [6.45, 7) is 5.47. The number of carbonyl (C=O) groups is 1. The van der Waals surface area contributed by atoms with Gasteiger partial charge >= 0.3 is 0 Å². The molecular weight excluding hydrogens is 168 g/mol. The molecule has 1 amide bonds. The van der Waals surface area contributed by atoms with E-state index >= 15 is 0 Å². The van der Waals surface area contributed by atoms with E-state index in [1.165, 1.54) is 0 Å². The fourth-order valence-electron chi connectivity index (χ4n) is 0.956. The van der Waals surface area contributed by atoms with E-state index in [-0.39, 0.29) is 11.9 Å². The Kier molecular flexibility index (Phi) is 7.63. The molecule has 0 fully saturated rings. The van der Waals surface area contributed by atoms with Crippen molar-refractivity contribution in [1.29, 1.82) is 0 Å². The summed E-state index contributed by atoms with van der Waals surface area (Å²) < 4.78 is 5.17. The lowest BCUT2D eigenvalue weighted by Crippen LogP contribution is -2.43. The molecule has 0 saturated carbocycles. The average molecular weight is 188 g/mol. The first-order chi connectivity index (χ1) is 6.24. The molecule has 3 N–H and O–H groups in total. The highest BCUT2D eigenvalue weighted by Crippen LogP contribution is 1.89. The van der Waals surface area contributed by atoms with Gasteiger partial charge in [-0.15, -0.1) is 0 Å². The third kappa shape index (κ3) is 6.54. The SMILES string of the molecule is CCCC(=O)NC(CN)COCC. The van der Waals surface area contributed by atoms with Gasteiger partial charge in [0.05, 0.1) is 12.6 Å². The van der Waals surface area contributed by atoms with Gasteiger partial charge in [-0.25, -0.2) is 0 Å². The highest BCUT2D eigenvalue weighted by Gasteiger charge is 2.09. The Morgan fingerprint density at radius 2 is 2.23 bits per heavy atom. The third-order valence-electron chi connectivity index (χ3n) is 1.65. The molecule has 1 unspecified atom stereocenters. The van der Waals surface area contributed by atoms with Crippen LogP contribution in [0.1, 0.15) is 26.7 Å². The predicted molar refractivity (Wildman–Crippen MR) is 52.4 cm³/mol. The molecule has 78 valence electrons. The van der Waals surface area contributed by atoms with E-state index in [0.29, 0.717) is 26.2 Å². The van der Waals surface area contributed by atoms with Crippen molar-refractivity contribution < 1.29 is 9.53 Å². The molecule has 0 aliphatic rings. The number of rotatable bonds is 7. The number of amides is 1. The van der Waals surface area contributed by atoms with Crippen molar-refractivity contribution in [1.82, 2.24) is 5.32 Å². The van der Waals surface area contributed by atoms with Crippen molar-refractivity contribution in [3.63, 3.8) is 0 Å². The Labute approximate surface area is 79.8 Å². The van der Waals surface area contributed by atoms with Crippen molar-refractivity contribution in [2.75, 3.05) is 19.8 Å². The van der Waals surface area contributed by atoms with Crippen molar-refractivity contribution in [2.24, 2.45) is 5.73 Å². The maximum Gasteiger partial charge on any atom is 0.220 e. The van der Waals surface area contributed by atoms with Crippen LogP contribution in [0.3, 0.4) is 0 Å². The summed E-state index contributed by atoms with van der Waals surface area (Å²) >= 11 is 0. The van der Waals surface area contributed by atoms with Crippen LogP contribution in [-0.2, 0) is 9.53 Å². The molecule has 0 aliphatic carbocycles. The van der Waals surface area contributed by atoms with E-state index in [1.54, 1.807) is 0 Å². The van der Waals surface area contributed by atoms with Gasteiger partial charge in [-0.2, -0.15) is 0 Å². The third-order valence-corrected chi connectivity index (χ3v) is 1.65. The standard InChI is InChI=1S/C9H20N2O2/c1-3-5-9(12)11-8(6-10)7-13-4-2/h8H,3-7,10H2,1-2H3,(H,11,12). The highest BCUT2D eigenvalue weighted by atomic mass is 16.5. The van der Waals surface area contributed by atoms with Crippen LogP contribution >= 0.6 is 0 Å².